The minimum Gasteiger partial charge on any atom is -0.468 e. The van der Waals surface area contributed by atoms with Crippen LogP contribution in [0, 0.1) is 0 Å². The molecule has 0 aromatic carbocycles. The average Bonchev–Trinajstić information content (AvgIpc) is 2.81. The van der Waals surface area contributed by atoms with Gasteiger partial charge in [0.25, 0.3) is 0 Å². The van der Waals surface area contributed by atoms with Crippen molar-refractivity contribution < 1.29 is 14.3 Å². The molecule has 3 unspecified atom stereocenters. The molecule has 5 heteroatoms. The molecule has 19 heavy (non-hydrogen) atoms. The van der Waals surface area contributed by atoms with E-state index in [2.05, 4.69) is 19.2 Å². The van der Waals surface area contributed by atoms with Gasteiger partial charge < -0.3 is 14.8 Å². The van der Waals surface area contributed by atoms with Gasteiger partial charge in [-0.1, -0.05) is 6.92 Å². The first-order chi connectivity index (χ1) is 9.03. The number of nitrogens with one attached hydrogen (secondary N) is 1. The van der Waals surface area contributed by atoms with E-state index in [0.717, 1.165) is 38.2 Å². The van der Waals surface area contributed by atoms with Gasteiger partial charge in [0.1, 0.15) is 5.54 Å². The highest BCUT2D eigenvalue weighted by atomic mass is 32.2. The molecule has 0 bridgehead atoms. The Bertz CT molecular complexity index is 288. The van der Waals surface area contributed by atoms with Crippen molar-refractivity contribution in [3.05, 3.63) is 0 Å². The van der Waals surface area contributed by atoms with Crippen LogP contribution in [0.2, 0.25) is 0 Å². The van der Waals surface area contributed by atoms with Gasteiger partial charge in [0.05, 0.1) is 13.2 Å². The predicted molar refractivity (Wildman–Crippen MR) is 79.6 cm³/mol. The van der Waals surface area contributed by atoms with Gasteiger partial charge in [0, 0.05) is 11.9 Å². The second-order valence-corrected chi connectivity index (χ2v) is 6.62. The molecule has 1 saturated heterocycles. The van der Waals surface area contributed by atoms with Crippen molar-refractivity contribution in [1.29, 1.82) is 0 Å². The second kappa shape index (κ2) is 8.12. The van der Waals surface area contributed by atoms with Crippen LogP contribution in [0.15, 0.2) is 0 Å². The van der Waals surface area contributed by atoms with Crippen LogP contribution in [0.4, 0.5) is 0 Å². The molecule has 0 spiro atoms. The minimum atomic E-state index is -0.569. The molecule has 1 heterocycles. The van der Waals surface area contributed by atoms with Crippen LogP contribution in [0.25, 0.3) is 0 Å². The first-order valence-electron chi connectivity index (χ1n) is 7.10. The van der Waals surface area contributed by atoms with Gasteiger partial charge in [0.15, 0.2) is 0 Å². The lowest BCUT2D eigenvalue weighted by molar-refractivity contribution is -0.148. The summed E-state index contributed by atoms with van der Waals surface area (Å²) in [7, 11) is 1.45. The molecule has 0 aliphatic carbocycles. The van der Waals surface area contributed by atoms with Crippen LogP contribution < -0.4 is 5.32 Å². The van der Waals surface area contributed by atoms with Gasteiger partial charge in [-0.3, -0.25) is 4.79 Å². The highest BCUT2D eigenvalue weighted by molar-refractivity contribution is 7.99. The molecule has 4 nitrogen and oxygen atoms in total. The Labute approximate surface area is 121 Å². The number of hydrogen-bond donors (Lipinski definition) is 1. The van der Waals surface area contributed by atoms with Crippen molar-refractivity contribution in [2.75, 3.05) is 26.0 Å². The molecule has 1 N–H and O–H groups in total. The molecule has 0 aromatic rings. The standard InChI is InChI=1S/C14H27NO3S/c1-5-8-15-14(3,13(16)17-4)7-10-19-12-6-9-18-11(12)2/h11-12,15H,5-10H2,1-4H3. The Morgan fingerprint density at radius 3 is 2.84 bits per heavy atom. The first kappa shape index (κ1) is 16.8. The Morgan fingerprint density at radius 1 is 1.58 bits per heavy atom. The zero-order valence-corrected chi connectivity index (χ0v) is 13.3. The van der Waals surface area contributed by atoms with Crippen LogP contribution in [0.3, 0.4) is 0 Å². The summed E-state index contributed by atoms with van der Waals surface area (Å²) in [6.45, 7) is 7.85. The Kier molecular flexibility index (Phi) is 7.18. The SMILES string of the molecule is CCCNC(C)(CCSC1CCOC1C)C(=O)OC. The molecule has 1 rings (SSSR count). The zero-order valence-electron chi connectivity index (χ0n) is 12.5. The monoisotopic (exact) mass is 289 g/mol. The summed E-state index contributed by atoms with van der Waals surface area (Å²) < 4.78 is 10.5. The summed E-state index contributed by atoms with van der Waals surface area (Å²) in [4.78, 5) is 11.9. The number of carbonyl (C=O) groups is 1. The van der Waals surface area contributed by atoms with Gasteiger partial charge in [-0.25, -0.2) is 0 Å². The molecule has 0 radical (unpaired) electrons. The third-order valence-electron chi connectivity index (χ3n) is 3.64. The largest absolute Gasteiger partial charge is 0.468 e. The maximum absolute atomic E-state index is 11.9. The summed E-state index contributed by atoms with van der Waals surface area (Å²) in [6, 6.07) is 0. The van der Waals surface area contributed by atoms with Gasteiger partial charge in [0.2, 0.25) is 0 Å². The van der Waals surface area contributed by atoms with Gasteiger partial charge >= 0.3 is 5.97 Å². The van der Waals surface area contributed by atoms with E-state index in [9.17, 15) is 4.79 Å². The van der Waals surface area contributed by atoms with Crippen LogP contribution in [0.5, 0.6) is 0 Å². The predicted octanol–water partition coefficient (Wildman–Crippen LogP) is 2.22. The van der Waals surface area contributed by atoms with Crippen molar-refractivity contribution in [2.24, 2.45) is 0 Å². The van der Waals surface area contributed by atoms with Crippen molar-refractivity contribution in [3.8, 4) is 0 Å². The number of carbonyl (C=O) groups excluding carboxylic acids is 1. The van der Waals surface area contributed by atoms with Crippen LogP contribution >= 0.6 is 11.8 Å². The number of thioether (sulfide) groups is 1. The molecular formula is C14H27NO3S. The molecule has 3 atom stereocenters. The van der Waals surface area contributed by atoms with Crippen LogP contribution in [0.1, 0.15) is 40.0 Å². The molecule has 112 valence electrons. The van der Waals surface area contributed by atoms with E-state index in [4.69, 9.17) is 9.47 Å². The van der Waals surface area contributed by atoms with E-state index >= 15 is 0 Å². The van der Waals surface area contributed by atoms with E-state index in [1.165, 1.54) is 7.11 Å². The fourth-order valence-electron chi connectivity index (χ4n) is 2.23. The van der Waals surface area contributed by atoms with E-state index in [1.807, 2.05) is 18.7 Å². The highest BCUT2D eigenvalue weighted by Gasteiger charge is 2.34. The van der Waals surface area contributed by atoms with Crippen molar-refractivity contribution in [3.63, 3.8) is 0 Å². The molecule has 1 aliphatic heterocycles. The summed E-state index contributed by atoms with van der Waals surface area (Å²) in [5.74, 6) is 0.776. The molecular weight excluding hydrogens is 262 g/mol. The molecule has 0 amide bonds. The van der Waals surface area contributed by atoms with E-state index in [-0.39, 0.29) is 5.97 Å². The summed E-state index contributed by atoms with van der Waals surface area (Å²) >= 11 is 1.91. The van der Waals surface area contributed by atoms with E-state index < -0.39 is 5.54 Å². The van der Waals surface area contributed by atoms with E-state index in [0.29, 0.717) is 11.4 Å². The van der Waals surface area contributed by atoms with Crippen molar-refractivity contribution >= 4 is 17.7 Å². The normalized spacial score (nSPS) is 26.1. The summed E-state index contributed by atoms with van der Waals surface area (Å²) in [6.07, 6.45) is 3.24. The van der Waals surface area contributed by atoms with Crippen molar-refractivity contribution in [1.82, 2.24) is 5.32 Å². The quantitative estimate of drug-likeness (QED) is 0.694. The van der Waals surface area contributed by atoms with Crippen molar-refractivity contribution in [2.45, 2.75) is 56.9 Å². The lowest BCUT2D eigenvalue weighted by Crippen LogP contribution is -2.51. The topological polar surface area (TPSA) is 47.6 Å². The molecule has 1 aliphatic rings. The van der Waals surface area contributed by atoms with Crippen LogP contribution in [-0.4, -0.2) is 48.9 Å². The number of hydrogen-bond acceptors (Lipinski definition) is 5. The van der Waals surface area contributed by atoms with Gasteiger partial charge in [-0.2, -0.15) is 11.8 Å². The zero-order chi connectivity index (χ0) is 14.3. The number of methoxy groups -OCH3 is 1. The van der Waals surface area contributed by atoms with Crippen LogP contribution in [-0.2, 0) is 14.3 Å². The third-order valence-corrected chi connectivity index (χ3v) is 5.13. The minimum absolute atomic E-state index is 0.169. The Balaban J connectivity index is 2.41. The second-order valence-electron chi connectivity index (χ2n) is 5.27. The average molecular weight is 289 g/mol. The first-order valence-corrected chi connectivity index (χ1v) is 8.15. The third kappa shape index (κ3) is 4.97. The van der Waals surface area contributed by atoms with Gasteiger partial charge in [-0.05, 0) is 45.4 Å². The Morgan fingerprint density at radius 2 is 2.32 bits per heavy atom. The number of ether oxygens (including phenoxy) is 2. The fraction of sp³-hybridized carbons (Fsp3) is 0.929. The van der Waals surface area contributed by atoms with E-state index in [1.54, 1.807) is 0 Å². The molecule has 0 saturated carbocycles. The number of esters is 1. The fourth-order valence-corrected chi connectivity index (χ4v) is 3.68. The maximum atomic E-state index is 11.9. The smallest absolute Gasteiger partial charge is 0.325 e. The molecule has 1 fully saturated rings. The summed E-state index contributed by atoms with van der Waals surface area (Å²) in [5.41, 5.74) is -0.569. The molecule has 0 aromatic heterocycles. The van der Waals surface area contributed by atoms with Gasteiger partial charge in [-0.15, -0.1) is 0 Å². The maximum Gasteiger partial charge on any atom is 0.325 e. The Hall–Kier alpha value is -0.260. The lowest BCUT2D eigenvalue weighted by atomic mass is 9.99. The highest BCUT2D eigenvalue weighted by Crippen LogP contribution is 2.28. The summed E-state index contributed by atoms with van der Waals surface area (Å²) in [5, 5.41) is 3.88. The lowest BCUT2D eigenvalue weighted by Gasteiger charge is -2.28. The number of rotatable bonds is 8.